The Balaban J connectivity index is 2.99. The molecule has 0 aromatic rings. The lowest BCUT2D eigenvalue weighted by molar-refractivity contribution is -0.157. The summed E-state index contributed by atoms with van der Waals surface area (Å²) in [5, 5.41) is 17.5. The van der Waals surface area contributed by atoms with Gasteiger partial charge in [0.1, 0.15) is 0 Å². The van der Waals surface area contributed by atoms with E-state index in [1.165, 1.54) is 0 Å². The van der Waals surface area contributed by atoms with Crippen molar-refractivity contribution in [3.8, 4) is 0 Å². The van der Waals surface area contributed by atoms with Crippen LogP contribution in [-0.4, -0.2) is 34.1 Å². The molecule has 0 saturated carbocycles. The van der Waals surface area contributed by atoms with Gasteiger partial charge in [0.25, 0.3) is 0 Å². The number of ether oxygens (including phenoxy) is 1. The van der Waals surface area contributed by atoms with Gasteiger partial charge in [0.15, 0.2) is 0 Å². The van der Waals surface area contributed by atoms with Crippen LogP contribution in [0, 0.1) is 17.8 Å². The second-order valence-corrected chi connectivity index (χ2v) is 3.82. The van der Waals surface area contributed by atoms with E-state index in [9.17, 15) is 19.2 Å². The number of hydrogen-bond acceptors (Lipinski definition) is 5. The maximum Gasteiger partial charge on any atom is 0.318 e. The van der Waals surface area contributed by atoms with Gasteiger partial charge in [-0.1, -0.05) is 6.92 Å². The lowest BCUT2D eigenvalue weighted by atomic mass is 9.80. The molecular weight excluding hydrogens is 232 g/mol. The van der Waals surface area contributed by atoms with Crippen molar-refractivity contribution >= 4 is 23.9 Å². The third kappa shape index (κ3) is 2.61. The summed E-state index contributed by atoms with van der Waals surface area (Å²) in [5.74, 6) is -7.99. The van der Waals surface area contributed by atoms with E-state index in [0.717, 1.165) is 0 Å². The molecule has 0 spiro atoms. The van der Waals surface area contributed by atoms with Gasteiger partial charge in [-0.2, -0.15) is 0 Å². The van der Waals surface area contributed by atoms with Crippen molar-refractivity contribution in [3.63, 3.8) is 0 Å². The Kier molecular flexibility index (Phi) is 3.82. The molecule has 17 heavy (non-hydrogen) atoms. The van der Waals surface area contributed by atoms with Gasteiger partial charge in [0.2, 0.25) is 0 Å². The average molecular weight is 244 g/mol. The maximum atomic E-state index is 11.4. The molecule has 0 aromatic carbocycles. The first-order valence-electron chi connectivity index (χ1n) is 5.08. The number of esters is 2. The number of carbonyl (C=O) groups is 4. The van der Waals surface area contributed by atoms with E-state index in [0.29, 0.717) is 0 Å². The molecule has 0 radical (unpaired) electrons. The third-order valence-electron chi connectivity index (χ3n) is 2.79. The van der Waals surface area contributed by atoms with Crippen LogP contribution in [0.1, 0.15) is 19.8 Å². The number of carboxylic acids is 2. The average Bonchev–Trinajstić information content (AvgIpc) is 2.48. The molecule has 1 heterocycles. The molecule has 3 unspecified atom stereocenters. The van der Waals surface area contributed by atoms with Crippen LogP contribution in [0.3, 0.4) is 0 Å². The van der Waals surface area contributed by atoms with Gasteiger partial charge < -0.3 is 14.9 Å². The minimum Gasteiger partial charge on any atom is -0.481 e. The minimum absolute atomic E-state index is 0.235. The van der Waals surface area contributed by atoms with Crippen molar-refractivity contribution in [2.75, 3.05) is 0 Å². The number of rotatable bonds is 5. The second kappa shape index (κ2) is 4.94. The molecule has 3 atom stereocenters. The molecule has 2 N–H and O–H groups in total. The van der Waals surface area contributed by atoms with Crippen molar-refractivity contribution < 1.29 is 34.1 Å². The molecule has 0 amide bonds. The standard InChI is InChI=1S/C10H12O7/c1-2-4-7(10(16)17-9(4)15)5(8(13)14)3-6(11)12/h4-5,7H,2-3H2,1H3,(H,11,12)(H,13,14). The van der Waals surface area contributed by atoms with Crippen LogP contribution in [-0.2, 0) is 23.9 Å². The molecule has 7 heteroatoms. The Labute approximate surface area is 96.4 Å². The van der Waals surface area contributed by atoms with Gasteiger partial charge in [-0.15, -0.1) is 0 Å². The van der Waals surface area contributed by atoms with Gasteiger partial charge in [-0.05, 0) is 6.42 Å². The fraction of sp³-hybridized carbons (Fsp3) is 0.600. The molecule has 94 valence electrons. The van der Waals surface area contributed by atoms with Crippen LogP contribution in [0.4, 0.5) is 0 Å². The number of cyclic esters (lactones) is 2. The normalized spacial score (nSPS) is 25.5. The highest BCUT2D eigenvalue weighted by Crippen LogP contribution is 2.34. The summed E-state index contributed by atoms with van der Waals surface area (Å²) in [5.41, 5.74) is 0. The first-order valence-corrected chi connectivity index (χ1v) is 5.08. The molecule has 1 saturated heterocycles. The highest BCUT2D eigenvalue weighted by molar-refractivity contribution is 5.99. The van der Waals surface area contributed by atoms with Crippen LogP contribution in [0.5, 0.6) is 0 Å². The Hall–Kier alpha value is -1.92. The van der Waals surface area contributed by atoms with Gasteiger partial charge in [0, 0.05) is 0 Å². The zero-order valence-electron chi connectivity index (χ0n) is 9.08. The minimum atomic E-state index is -1.43. The highest BCUT2D eigenvalue weighted by atomic mass is 16.6. The Bertz CT molecular complexity index is 373. The van der Waals surface area contributed by atoms with Gasteiger partial charge >= 0.3 is 23.9 Å². The van der Waals surface area contributed by atoms with Crippen molar-refractivity contribution in [2.24, 2.45) is 17.8 Å². The maximum absolute atomic E-state index is 11.4. The molecule has 1 rings (SSSR count). The summed E-state index contributed by atoms with van der Waals surface area (Å²) in [7, 11) is 0. The predicted molar refractivity (Wildman–Crippen MR) is 51.7 cm³/mol. The lowest BCUT2D eigenvalue weighted by Gasteiger charge is -2.18. The molecule has 7 nitrogen and oxygen atoms in total. The highest BCUT2D eigenvalue weighted by Gasteiger charge is 2.50. The van der Waals surface area contributed by atoms with Crippen molar-refractivity contribution in [1.29, 1.82) is 0 Å². The molecule has 0 aromatic heterocycles. The number of hydrogen-bond donors (Lipinski definition) is 2. The fourth-order valence-electron chi connectivity index (χ4n) is 1.98. The first kappa shape index (κ1) is 13.1. The van der Waals surface area contributed by atoms with Crippen molar-refractivity contribution in [2.45, 2.75) is 19.8 Å². The number of carbonyl (C=O) groups excluding carboxylic acids is 2. The van der Waals surface area contributed by atoms with Crippen molar-refractivity contribution in [1.82, 2.24) is 0 Å². The summed E-state index contributed by atoms with van der Waals surface area (Å²) in [6.45, 7) is 1.61. The zero-order chi connectivity index (χ0) is 13.2. The zero-order valence-corrected chi connectivity index (χ0v) is 9.08. The third-order valence-corrected chi connectivity index (χ3v) is 2.79. The van der Waals surface area contributed by atoms with E-state index < -0.39 is 48.1 Å². The summed E-state index contributed by atoms with van der Waals surface area (Å²) >= 11 is 0. The Morgan fingerprint density at radius 3 is 2.29 bits per heavy atom. The van der Waals surface area contributed by atoms with Crippen molar-refractivity contribution in [3.05, 3.63) is 0 Å². The van der Waals surface area contributed by atoms with E-state index in [4.69, 9.17) is 10.2 Å². The number of aliphatic carboxylic acids is 2. The lowest BCUT2D eigenvalue weighted by Crippen LogP contribution is -2.33. The number of carboxylic acid groups (broad SMARTS) is 2. The van der Waals surface area contributed by atoms with E-state index in [2.05, 4.69) is 4.74 Å². The Morgan fingerprint density at radius 1 is 1.29 bits per heavy atom. The molecule has 1 aliphatic rings. The first-order chi connectivity index (χ1) is 7.88. The monoisotopic (exact) mass is 244 g/mol. The van der Waals surface area contributed by atoms with Gasteiger partial charge in [-0.3, -0.25) is 19.2 Å². The summed E-state index contributed by atoms with van der Waals surface area (Å²) in [6.07, 6.45) is -0.475. The topological polar surface area (TPSA) is 118 Å². The largest absolute Gasteiger partial charge is 0.481 e. The SMILES string of the molecule is CCC1C(=O)OC(=O)C1C(CC(=O)O)C(=O)O. The second-order valence-electron chi connectivity index (χ2n) is 3.82. The molecule has 0 aliphatic carbocycles. The quantitative estimate of drug-likeness (QED) is 0.511. The van der Waals surface area contributed by atoms with Gasteiger partial charge in [0.05, 0.1) is 24.2 Å². The van der Waals surface area contributed by atoms with E-state index in [-0.39, 0.29) is 6.42 Å². The van der Waals surface area contributed by atoms with E-state index in [1.54, 1.807) is 6.92 Å². The predicted octanol–water partition coefficient (Wildman–Crippen LogP) is -0.112. The van der Waals surface area contributed by atoms with E-state index in [1.807, 2.05) is 0 Å². The van der Waals surface area contributed by atoms with Crippen LogP contribution < -0.4 is 0 Å². The summed E-state index contributed by atoms with van der Waals surface area (Å²) in [6, 6.07) is 0. The molecular formula is C10H12O7. The van der Waals surface area contributed by atoms with Gasteiger partial charge in [-0.25, -0.2) is 0 Å². The Morgan fingerprint density at radius 2 is 1.88 bits per heavy atom. The molecule has 1 aliphatic heterocycles. The van der Waals surface area contributed by atoms with E-state index >= 15 is 0 Å². The van der Waals surface area contributed by atoms with Crippen LogP contribution in [0.15, 0.2) is 0 Å². The smallest absolute Gasteiger partial charge is 0.318 e. The molecule has 0 bridgehead atoms. The summed E-state index contributed by atoms with van der Waals surface area (Å²) < 4.78 is 4.36. The fourth-order valence-corrected chi connectivity index (χ4v) is 1.98. The van der Waals surface area contributed by atoms with Crippen LogP contribution >= 0.6 is 0 Å². The molecule has 1 fully saturated rings. The summed E-state index contributed by atoms with van der Waals surface area (Å²) in [4.78, 5) is 44.1. The van der Waals surface area contributed by atoms with Crippen LogP contribution in [0.25, 0.3) is 0 Å². The van der Waals surface area contributed by atoms with Crippen LogP contribution in [0.2, 0.25) is 0 Å².